The molecule has 0 aliphatic heterocycles. The summed E-state index contributed by atoms with van der Waals surface area (Å²) in [5.41, 5.74) is 0.770. The van der Waals surface area contributed by atoms with Crippen molar-refractivity contribution in [3.63, 3.8) is 0 Å². The van der Waals surface area contributed by atoms with E-state index in [9.17, 15) is 9.59 Å². The zero-order valence-electron chi connectivity index (χ0n) is 13.5. The van der Waals surface area contributed by atoms with Gasteiger partial charge in [0.15, 0.2) is 6.04 Å². The van der Waals surface area contributed by atoms with Gasteiger partial charge < -0.3 is 10.1 Å². The Morgan fingerprint density at radius 3 is 2.24 bits per heavy atom. The van der Waals surface area contributed by atoms with E-state index in [1.54, 1.807) is 12.1 Å². The van der Waals surface area contributed by atoms with Gasteiger partial charge in [-0.3, -0.25) is 4.79 Å². The van der Waals surface area contributed by atoms with Gasteiger partial charge in [0.1, 0.15) is 0 Å². The summed E-state index contributed by atoms with van der Waals surface area (Å²) in [5, 5.41) is 2.77. The van der Waals surface area contributed by atoms with Crippen LogP contribution in [0.5, 0.6) is 0 Å². The molecule has 2 atom stereocenters. The number of nitrogens with one attached hydrogen (secondary N) is 1. The molecule has 0 heterocycles. The lowest BCUT2D eigenvalue weighted by molar-refractivity contribution is -0.145. The third-order valence-electron chi connectivity index (χ3n) is 3.85. The molecule has 0 fully saturated rings. The first-order valence-electron chi connectivity index (χ1n) is 7.18. The molecule has 1 N–H and O–H groups in total. The molecule has 0 spiro atoms. The van der Waals surface area contributed by atoms with Crippen molar-refractivity contribution in [2.45, 2.75) is 40.2 Å². The molecule has 4 heteroatoms. The molecule has 4 nitrogen and oxygen atoms in total. The molecular weight excluding hydrogens is 266 g/mol. The van der Waals surface area contributed by atoms with Crippen LogP contribution in [0.15, 0.2) is 30.3 Å². The van der Waals surface area contributed by atoms with Crippen LogP contribution in [0.1, 0.15) is 45.7 Å². The van der Waals surface area contributed by atoms with Gasteiger partial charge in [0, 0.05) is 6.42 Å². The number of benzene rings is 1. The Labute approximate surface area is 126 Å². The van der Waals surface area contributed by atoms with Gasteiger partial charge in [-0.15, -0.1) is 0 Å². The van der Waals surface area contributed by atoms with Gasteiger partial charge in [0.25, 0.3) is 0 Å². The molecule has 1 aromatic rings. The highest BCUT2D eigenvalue weighted by Crippen LogP contribution is 2.28. The molecule has 0 bridgehead atoms. The summed E-state index contributed by atoms with van der Waals surface area (Å²) in [6.45, 7) is 8.33. The Bertz CT molecular complexity index is 477. The maximum atomic E-state index is 12.2. The summed E-state index contributed by atoms with van der Waals surface area (Å²) in [6, 6.07) is 8.37. The summed E-state index contributed by atoms with van der Waals surface area (Å²) in [7, 11) is 1.32. The molecule has 1 aromatic carbocycles. The molecule has 0 saturated heterocycles. The first-order valence-corrected chi connectivity index (χ1v) is 7.18. The SMILES string of the molecule is COC(=O)C(NC(=O)CC(C)C(C)(C)C)c1ccccc1. The van der Waals surface area contributed by atoms with Gasteiger partial charge in [-0.25, -0.2) is 4.79 Å². The number of carbonyl (C=O) groups excluding carboxylic acids is 2. The molecule has 0 saturated carbocycles. The number of amides is 1. The first-order chi connectivity index (χ1) is 9.75. The second-order valence-corrected chi connectivity index (χ2v) is 6.41. The Balaban J connectivity index is 2.79. The van der Waals surface area contributed by atoms with Crippen LogP contribution in [-0.2, 0) is 14.3 Å². The quantitative estimate of drug-likeness (QED) is 0.848. The highest BCUT2D eigenvalue weighted by atomic mass is 16.5. The number of rotatable bonds is 5. The zero-order chi connectivity index (χ0) is 16.0. The fourth-order valence-electron chi connectivity index (χ4n) is 1.85. The lowest BCUT2D eigenvalue weighted by atomic mass is 9.80. The van der Waals surface area contributed by atoms with E-state index in [1.165, 1.54) is 7.11 Å². The van der Waals surface area contributed by atoms with E-state index in [0.717, 1.165) is 5.56 Å². The largest absolute Gasteiger partial charge is 0.467 e. The van der Waals surface area contributed by atoms with Gasteiger partial charge in [-0.05, 0) is 16.9 Å². The second-order valence-electron chi connectivity index (χ2n) is 6.41. The predicted molar refractivity (Wildman–Crippen MR) is 82.6 cm³/mol. The Morgan fingerprint density at radius 1 is 1.19 bits per heavy atom. The fourth-order valence-corrected chi connectivity index (χ4v) is 1.85. The van der Waals surface area contributed by atoms with Crippen molar-refractivity contribution in [3.8, 4) is 0 Å². The number of ether oxygens (including phenoxy) is 1. The molecule has 0 aromatic heterocycles. The van der Waals surface area contributed by atoms with Crippen LogP contribution in [0.3, 0.4) is 0 Å². The fraction of sp³-hybridized carbons (Fsp3) is 0.529. The van der Waals surface area contributed by atoms with Crippen LogP contribution >= 0.6 is 0 Å². The minimum atomic E-state index is -0.754. The summed E-state index contributed by atoms with van der Waals surface area (Å²) >= 11 is 0. The molecule has 1 rings (SSSR count). The topological polar surface area (TPSA) is 55.4 Å². The van der Waals surface area contributed by atoms with E-state index in [1.807, 2.05) is 25.1 Å². The maximum absolute atomic E-state index is 12.2. The van der Waals surface area contributed by atoms with Crippen LogP contribution in [-0.4, -0.2) is 19.0 Å². The van der Waals surface area contributed by atoms with Crippen LogP contribution in [0, 0.1) is 11.3 Å². The third-order valence-corrected chi connectivity index (χ3v) is 3.85. The molecule has 116 valence electrons. The lowest BCUT2D eigenvalue weighted by Gasteiger charge is -2.27. The summed E-state index contributed by atoms with van der Waals surface area (Å²) in [4.78, 5) is 24.1. The second kappa shape index (κ2) is 7.25. The molecule has 0 radical (unpaired) electrons. The zero-order valence-corrected chi connectivity index (χ0v) is 13.5. The highest BCUT2D eigenvalue weighted by molar-refractivity contribution is 5.85. The predicted octanol–water partition coefficient (Wildman–Crippen LogP) is 3.09. The van der Waals surface area contributed by atoms with E-state index >= 15 is 0 Å². The van der Waals surface area contributed by atoms with Crippen molar-refractivity contribution in [3.05, 3.63) is 35.9 Å². The molecule has 0 aliphatic rings. The summed E-state index contributed by atoms with van der Waals surface area (Å²) in [6.07, 6.45) is 0.379. The van der Waals surface area contributed by atoms with Gasteiger partial charge in [0.2, 0.25) is 5.91 Å². The standard InChI is InChI=1S/C17H25NO3/c1-12(17(2,3)4)11-14(19)18-15(16(20)21-5)13-9-7-6-8-10-13/h6-10,12,15H,11H2,1-5H3,(H,18,19). The smallest absolute Gasteiger partial charge is 0.333 e. The van der Waals surface area contributed by atoms with Crippen LogP contribution in [0.2, 0.25) is 0 Å². The van der Waals surface area contributed by atoms with Crippen molar-refractivity contribution in [2.24, 2.45) is 11.3 Å². The molecule has 2 unspecified atom stereocenters. The minimum absolute atomic E-state index is 0.0465. The number of carbonyl (C=O) groups is 2. The highest BCUT2D eigenvalue weighted by Gasteiger charge is 2.27. The van der Waals surface area contributed by atoms with E-state index < -0.39 is 12.0 Å². The Hall–Kier alpha value is -1.84. The Kier molecular flexibility index (Phi) is 5.94. The maximum Gasteiger partial charge on any atom is 0.333 e. The Morgan fingerprint density at radius 2 is 1.76 bits per heavy atom. The number of hydrogen-bond donors (Lipinski definition) is 1. The summed E-state index contributed by atoms with van der Waals surface area (Å²) < 4.78 is 4.79. The van der Waals surface area contributed by atoms with Crippen molar-refractivity contribution < 1.29 is 14.3 Å². The monoisotopic (exact) mass is 291 g/mol. The number of methoxy groups -OCH3 is 1. The average Bonchev–Trinajstić information content (AvgIpc) is 2.43. The molecule has 0 aliphatic carbocycles. The van der Waals surface area contributed by atoms with Crippen molar-refractivity contribution >= 4 is 11.9 Å². The molecular formula is C17H25NO3. The van der Waals surface area contributed by atoms with Gasteiger partial charge >= 0.3 is 5.97 Å². The number of esters is 1. The normalized spacial score (nSPS) is 14.1. The van der Waals surface area contributed by atoms with Crippen LogP contribution < -0.4 is 5.32 Å². The van der Waals surface area contributed by atoms with E-state index in [0.29, 0.717) is 6.42 Å². The van der Waals surface area contributed by atoms with Crippen LogP contribution in [0.4, 0.5) is 0 Å². The van der Waals surface area contributed by atoms with Crippen molar-refractivity contribution in [2.75, 3.05) is 7.11 Å². The minimum Gasteiger partial charge on any atom is -0.467 e. The van der Waals surface area contributed by atoms with E-state index in [-0.39, 0.29) is 17.2 Å². The number of hydrogen-bond acceptors (Lipinski definition) is 3. The van der Waals surface area contributed by atoms with Crippen molar-refractivity contribution in [1.29, 1.82) is 0 Å². The van der Waals surface area contributed by atoms with E-state index in [2.05, 4.69) is 26.1 Å². The average molecular weight is 291 g/mol. The third kappa shape index (κ3) is 5.21. The first kappa shape index (κ1) is 17.2. The van der Waals surface area contributed by atoms with Gasteiger partial charge in [0.05, 0.1) is 7.11 Å². The lowest BCUT2D eigenvalue weighted by Crippen LogP contribution is -2.36. The van der Waals surface area contributed by atoms with Crippen LogP contribution in [0.25, 0.3) is 0 Å². The molecule has 21 heavy (non-hydrogen) atoms. The van der Waals surface area contributed by atoms with Gasteiger partial charge in [-0.2, -0.15) is 0 Å². The van der Waals surface area contributed by atoms with Gasteiger partial charge in [-0.1, -0.05) is 58.0 Å². The van der Waals surface area contributed by atoms with E-state index in [4.69, 9.17) is 4.74 Å². The van der Waals surface area contributed by atoms with Crippen molar-refractivity contribution in [1.82, 2.24) is 5.32 Å². The molecule has 1 amide bonds. The summed E-state index contributed by atoms with van der Waals surface area (Å²) in [5.74, 6) is -0.388.